The van der Waals surface area contributed by atoms with Crippen molar-refractivity contribution in [2.45, 2.75) is 49.6 Å². The second kappa shape index (κ2) is 6.07. The molecule has 1 unspecified atom stereocenters. The number of benzene rings is 1. The Morgan fingerprint density at radius 3 is 2.84 bits per heavy atom. The van der Waals surface area contributed by atoms with Crippen molar-refractivity contribution >= 4 is 26.8 Å². The summed E-state index contributed by atoms with van der Waals surface area (Å²) in [5.74, 6) is -0.174. The standard InChI is InChI=1S/C18H21N3O3S/c1-12-10-13-4-2-6-16(17(13)19-11-12)25(23,24)21-9-3-5-15(21)18(22)20-14-7-8-14/h2,4,6,10-11,14-15H,3,5,7-9H2,1H3,(H,20,22). The van der Waals surface area contributed by atoms with Gasteiger partial charge in [0.1, 0.15) is 10.9 Å². The quantitative estimate of drug-likeness (QED) is 0.905. The third kappa shape index (κ3) is 3.02. The van der Waals surface area contributed by atoms with Crippen LogP contribution < -0.4 is 5.32 Å². The predicted molar refractivity (Wildman–Crippen MR) is 94.6 cm³/mol. The fourth-order valence-electron chi connectivity index (χ4n) is 3.39. The number of hydrogen-bond acceptors (Lipinski definition) is 4. The lowest BCUT2D eigenvalue weighted by Gasteiger charge is -2.24. The number of amides is 1. The maximum absolute atomic E-state index is 13.3. The third-order valence-electron chi connectivity index (χ3n) is 4.83. The molecule has 1 aliphatic heterocycles. The van der Waals surface area contributed by atoms with Gasteiger partial charge in [0.05, 0.1) is 5.52 Å². The highest BCUT2D eigenvalue weighted by molar-refractivity contribution is 7.89. The van der Waals surface area contributed by atoms with Crippen molar-refractivity contribution in [2.24, 2.45) is 0 Å². The summed E-state index contributed by atoms with van der Waals surface area (Å²) in [5.41, 5.74) is 1.44. The van der Waals surface area contributed by atoms with Crippen molar-refractivity contribution in [1.29, 1.82) is 0 Å². The van der Waals surface area contributed by atoms with Crippen LogP contribution >= 0.6 is 0 Å². The maximum atomic E-state index is 13.3. The third-order valence-corrected chi connectivity index (χ3v) is 6.77. The van der Waals surface area contributed by atoms with Gasteiger partial charge in [0.25, 0.3) is 0 Å². The van der Waals surface area contributed by atoms with Crippen LogP contribution in [-0.4, -0.2) is 42.2 Å². The van der Waals surface area contributed by atoms with Crippen LogP contribution in [-0.2, 0) is 14.8 Å². The molecule has 1 amide bonds. The molecule has 6 nitrogen and oxygen atoms in total. The van der Waals surface area contributed by atoms with Gasteiger partial charge in [-0.3, -0.25) is 9.78 Å². The van der Waals surface area contributed by atoms with Gasteiger partial charge >= 0.3 is 0 Å². The van der Waals surface area contributed by atoms with Gasteiger partial charge in [-0.25, -0.2) is 8.42 Å². The number of pyridine rings is 1. The van der Waals surface area contributed by atoms with Crippen molar-refractivity contribution in [2.75, 3.05) is 6.54 Å². The van der Waals surface area contributed by atoms with E-state index in [4.69, 9.17) is 0 Å². The summed E-state index contributed by atoms with van der Waals surface area (Å²) >= 11 is 0. The molecule has 1 atom stereocenters. The Morgan fingerprint density at radius 2 is 2.08 bits per heavy atom. The number of hydrogen-bond donors (Lipinski definition) is 1. The Balaban J connectivity index is 1.72. The fourth-order valence-corrected chi connectivity index (χ4v) is 5.22. The lowest BCUT2D eigenvalue weighted by molar-refractivity contribution is -0.124. The van der Waals surface area contributed by atoms with E-state index in [0.29, 0.717) is 24.9 Å². The number of aromatic nitrogens is 1. The zero-order chi connectivity index (χ0) is 17.6. The first-order valence-electron chi connectivity index (χ1n) is 8.64. The van der Waals surface area contributed by atoms with E-state index in [9.17, 15) is 13.2 Å². The summed E-state index contributed by atoms with van der Waals surface area (Å²) in [5, 5.41) is 3.72. The molecule has 0 spiro atoms. The van der Waals surface area contributed by atoms with Crippen molar-refractivity contribution < 1.29 is 13.2 Å². The largest absolute Gasteiger partial charge is 0.352 e. The number of nitrogens with zero attached hydrogens (tertiary/aromatic N) is 2. The number of aryl methyl sites for hydroxylation is 1. The Morgan fingerprint density at radius 1 is 1.28 bits per heavy atom. The molecule has 1 N–H and O–H groups in total. The highest BCUT2D eigenvalue weighted by Gasteiger charge is 2.41. The molecule has 1 saturated heterocycles. The van der Waals surface area contributed by atoms with Gasteiger partial charge < -0.3 is 5.32 Å². The number of nitrogens with one attached hydrogen (secondary N) is 1. The minimum Gasteiger partial charge on any atom is -0.352 e. The van der Waals surface area contributed by atoms with E-state index in [1.807, 2.05) is 19.1 Å². The van der Waals surface area contributed by atoms with E-state index in [1.165, 1.54) is 4.31 Å². The minimum atomic E-state index is -3.78. The van der Waals surface area contributed by atoms with E-state index in [2.05, 4.69) is 10.3 Å². The second-order valence-corrected chi connectivity index (χ2v) is 8.76. The second-order valence-electron chi connectivity index (χ2n) is 6.90. The zero-order valence-electron chi connectivity index (χ0n) is 14.1. The van der Waals surface area contributed by atoms with Crippen LogP contribution in [0.3, 0.4) is 0 Å². The van der Waals surface area contributed by atoms with Crippen LogP contribution in [0.4, 0.5) is 0 Å². The molecule has 2 aliphatic rings. The monoisotopic (exact) mass is 359 g/mol. The van der Waals surface area contributed by atoms with Crippen LogP contribution in [0.25, 0.3) is 10.9 Å². The summed E-state index contributed by atoms with van der Waals surface area (Å²) in [6.07, 6.45) is 4.90. The highest BCUT2D eigenvalue weighted by Crippen LogP contribution is 2.30. The van der Waals surface area contributed by atoms with E-state index < -0.39 is 16.1 Å². The van der Waals surface area contributed by atoms with E-state index in [1.54, 1.807) is 18.3 Å². The van der Waals surface area contributed by atoms with Crippen molar-refractivity contribution in [1.82, 2.24) is 14.6 Å². The van der Waals surface area contributed by atoms with Crippen LogP contribution in [0.1, 0.15) is 31.2 Å². The van der Waals surface area contributed by atoms with E-state index in [-0.39, 0.29) is 16.8 Å². The minimum absolute atomic E-state index is 0.174. The number of carbonyl (C=O) groups excluding carboxylic acids is 1. The molecule has 1 aliphatic carbocycles. The molecule has 1 aromatic heterocycles. The molecular formula is C18H21N3O3S. The average Bonchev–Trinajstić information content (AvgIpc) is 3.24. The van der Waals surface area contributed by atoms with Crippen LogP contribution in [0.5, 0.6) is 0 Å². The first-order valence-corrected chi connectivity index (χ1v) is 10.1. The lowest BCUT2D eigenvalue weighted by Crippen LogP contribution is -2.46. The number of rotatable bonds is 4. The number of para-hydroxylation sites is 1. The maximum Gasteiger partial charge on any atom is 0.245 e. The van der Waals surface area contributed by atoms with Gasteiger partial charge in [-0.15, -0.1) is 0 Å². The Hall–Kier alpha value is -1.99. The topological polar surface area (TPSA) is 79.4 Å². The fraction of sp³-hybridized carbons (Fsp3) is 0.444. The molecular weight excluding hydrogens is 338 g/mol. The first-order chi connectivity index (χ1) is 12.0. The lowest BCUT2D eigenvalue weighted by atomic mass is 10.2. The van der Waals surface area contributed by atoms with Crippen LogP contribution in [0.2, 0.25) is 0 Å². The average molecular weight is 359 g/mol. The van der Waals surface area contributed by atoms with Crippen molar-refractivity contribution in [3.8, 4) is 0 Å². The molecule has 1 saturated carbocycles. The molecule has 4 rings (SSSR count). The van der Waals surface area contributed by atoms with Gasteiger partial charge in [0, 0.05) is 24.2 Å². The number of fused-ring (bicyclic) bond motifs is 1. The first kappa shape index (κ1) is 16.5. The molecule has 25 heavy (non-hydrogen) atoms. The van der Waals surface area contributed by atoms with E-state index in [0.717, 1.165) is 23.8 Å². The summed E-state index contributed by atoms with van der Waals surface area (Å²) in [6.45, 7) is 2.29. The Bertz CT molecular complexity index is 938. The summed E-state index contributed by atoms with van der Waals surface area (Å²) < 4.78 is 27.9. The summed E-state index contributed by atoms with van der Waals surface area (Å²) in [4.78, 5) is 17.0. The molecule has 0 bridgehead atoms. The SMILES string of the molecule is Cc1cnc2c(S(=O)(=O)N3CCCC3C(=O)NC3CC3)cccc2c1. The molecule has 2 aromatic rings. The summed E-state index contributed by atoms with van der Waals surface area (Å²) in [6, 6.07) is 6.68. The van der Waals surface area contributed by atoms with E-state index >= 15 is 0 Å². The molecule has 2 heterocycles. The van der Waals surface area contributed by atoms with Gasteiger partial charge in [-0.1, -0.05) is 12.1 Å². The summed E-state index contributed by atoms with van der Waals surface area (Å²) in [7, 11) is -3.78. The zero-order valence-corrected chi connectivity index (χ0v) is 14.9. The molecule has 1 aromatic carbocycles. The Labute approximate surface area is 147 Å². The molecule has 2 fully saturated rings. The highest BCUT2D eigenvalue weighted by atomic mass is 32.2. The van der Waals surface area contributed by atoms with Crippen LogP contribution in [0.15, 0.2) is 35.4 Å². The number of carbonyl (C=O) groups is 1. The van der Waals surface area contributed by atoms with Gasteiger partial charge in [0.2, 0.25) is 15.9 Å². The van der Waals surface area contributed by atoms with Gasteiger partial charge in [-0.05, 0) is 50.3 Å². The Kier molecular flexibility index (Phi) is 4.00. The molecule has 132 valence electrons. The number of sulfonamides is 1. The van der Waals surface area contributed by atoms with Crippen molar-refractivity contribution in [3.63, 3.8) is 0 Å². The van der Waals surface area contributed by atoms with Gasteiger partial charge in [0.15, 0.2) is 0 Å². The predicted octanol–water partition coefficient (Wildman–Crippen LogP) is 1.97. The van der Waals surface area contributed by atoms with Gasteiger partial charge in [-0.2, -0.15) is 4.31 Å². The van der Waals surface area contributed by atoms with Crippen molar-refractivity contribution in [3.05, 3.63) is 36.0 Å². The normalized spacial score (nSPS) is 21.6. The smallest absolute Gasteiger partial charge is 0.245 e. The van der Waals surface area contributed by atoms with Crippen LogP contribution in [0, 0.1) is 6.92 Å². The molecule has 0 radical (unpaired) electrons. The molecule has 7 heteroatoms.